The van der Waals surface area contributed by atoms with E-state index in [0.29, 0.717) is 11.6 Å². The van der Waals surface area contributed by atoms with E-state index in [2.05, 4.69) is 10.4 Å². The molecule has 2 aromatic carbocycles. The summed E-state index contributed by atoms with van der Waals surface area (Å²) < 4.78 is 47.8. The first-order valence-electron chi connectivity index (χ1n) is 10.6. The van der Waals surface area contributed by atoms with Gasteiger partial charge in [-0.2, -0.15) is 23.0 Å². The first-order valence-corrected chi connectivity index (χ1v) is 11.0. The first-order chi connectivity index (χ1) is 17.0. The molecule has 12 heteroatoms. The van der Waals surface area contributed by atoms with Gasteiger partial charge in [0.15, 0.2) is 12.3 Å². The fraction of sp³-hybridized carbons (Fsp3) is 0.208. The topological polar surface area (TPSA) is 98.4 Å². The van der Waals surface area contributed by atoms with Crippen LogP contribution in [0.5, 0.6) is 5.88 Å². The highest BCUT2D eigenvalue weighted by Gasteiger charge is 2.36. The molecule has 36 heavy (non-hydrogen) atoms. The van der Waals surface area contributed by atoms with E-state index in [9.17, 15) is 27.9 Å². The van der Waals surface area contributed by atoms with Gasteiger partial charge in [-0.25, -0.2) is 4.79 Å². The smallest absolute Gasteiger partial charge is 0.435 e. The Hall–Kier alpha value is -3.99. The van der Waals surface area contributed by atoms with Gasteiger partial charge in [0.25, 0.3) is 5.91 Å². The zero-order chi connectivity index (χ0) is 26.0. The number of carbonyl (C=O) groups excluding carboxylic acids is 1. The maximum absolute atomic E-state index is 13.3. The van der Waals surface area contributed by atoms with Crippen molar-refractivity contribution in [2.24, 2.45) is 7.05 Å². The number of ether oxygens (including phenoxy) is 1. The van der Waals surface area contributed by atoms with E-state index in [1.165, 1.54) is 12.1 Å². The Morgan fingerprint density at radius 2 is 1.86 bits per heavy atom. The Morgan fingerprint density at radius 1 is 1.17 bits per heavy atom. The van der Waals surface area contributed by atoms with Gasteiger partial charge in [0.2, 0.25) is 5.88 Å². The van der Waals surface area contributed by atoms with E-state index in [4.69, 9.17) is 16.3 Å². The van der Waals surface area contributed by atoms with Crippen LogP contribution in [0.2, 0.25) is 5.02 Å². The molecule has 0 aliphatic rings. The molecule has 0 aliphatic carbocycles. The molecule has 4 rings (SSSR count). The van der Waals surface area contributed by atoms with Crippen LogP contribution in [0.1, 0.15) is 11.3 Å². The van der Waals surface area contributed by atoms with Crippen LogP contribution in [0.3, 0.4) is 0 Å². The molecule has 2 aromatic heterocycles. The fourth-order valence-corrected chi connectivity index (χ4v) is 4.00. The monoisotopic (exact) mass is 520 g/mol. The number of aryl methyl sites for hydroxylation is 1. The van der Waals surface area contributed by atoms with E-state index < -0.39 is 36.4 Å². The van der Waals surface area contributed by atoms with Crippen molar-refractivity contribution < 1.29 is 32.6 Å². The zero-order valence-corrected chi connectivity index (χ0v) is 19.5. The van der Waals surface area contributed by atoms with Crippen molar-refractivity contribution in [3.8, 4) is 11.6 Å². The van der Waals surface area contributed by atoms with E-state index in [-0.39, 0.29) is 23.0 Å². The number of hydrogen-bond donors (Lipinski definition) is 2. The molecule has 1 amide bonds. The number of fused-ring (bicyclic) bond motifs is 1. The number of nitrogens with one attached hydrogen (secondary N) is 1. The van der Waals surface area contributed by atoms with Crippen molar-refractivity contribution >= 4 is 34.4 Å². The van der Waals surface area contributed by atoms with Crippen LogP contribution < -0.4 is 10.1 Å². The van der Waals surface area contributed by atoms with Gasteiger partial charge in [0, 0.05) is 36.6 Å². The number of rotatable bonds is 8. The summed E-state index contributed by atoms with van der Waals surface area (Å²) >= 11 is 6.10. The summed E-state index contributed by atoms with van der Waals surface area (Å²) in [6.07, 6.45) is -2.98. The molecule has 0 bridgehead atoms. The Labute approximate surface area is 207 Å². The van der Waals surface area contributed by atoms with Crippen LogP contribution in [0.25, 0.3) is 16.6 Å². The average Bonchev–Trinajstić information content (AvgIpc) is 3.39. The van der Waals surface area contributed by atoms with Crippen molar-refractivity contribution in [1.82, 2.24) is 19.7 Å². The second-order valence-electron chi connectivity index (χ2n) is 7.96. The number of aliphatic carboxylic acids is 1. The van der Waals surface area contributed by atoms with Crippen LogP contribution in [0.15, 0.2) is 60.8 Å². The number of alkyl halides is 3. The van der Waals surface area contributed by atoms with Crippen LogP contribution in [0.4, 0.5) is 13.2 Å². The highest BCUT2D eigenvalue weighted by molar-refractivity contribution is 6.32. The van der Waals surface area contributed by atoms with Crippen molar-refractivity contribution in [2.75, 3.05) is 6.61 Å². The van der Waals surface area contributed by atoms with E-state index in [1.807, 2.05) is 35.9 Å². The molecule has 0 aliphatic heterocycles. The largest absolute Gasteiger partial charge is 0.480 e. The molecule has 2 N–H and O–H groups in total. The molecule has 0 radical (unpaired) electrons. The summed E-state index contributed by atoms with van der Waals surface area (Å²) in [5.74, 6) is -2.48. The van der Waals surface area contributed by atoms with Crippen molar-refractivity contribution in [2.45, 2.75) is 18.6 Å². The van der Waals surface area contributed by atoms with Gasteiger partial charge in [-0.1, -0.05) is 41.9 Å². The third-order valence-corrected chi connectivity index (χ3v) is 5.76. The molecule has 1 unspecified atom stereocenters. The van der Waals surface area contributed by atoms with Gasteiger partial charge in [0.05, 0.1) is 10.7 Å². The lowest BCUT2D eigenvalue weighted by Crippen LogP contribution is -2.44. The number of halogens is 4. The minimum atomic E-state index is -4.76. The number of carbonyl (C=O) groups is 2. The molecule has 0 saturated heterocycles. The molecule has 0 fully saturated rings. The summed E-state index contributed by atoms with van der Waals surface area (Å²) in [6, 6.07) is 12.8. The van der Waals surface area contributed by atoms with Gasteiger partial charge in [-0.3, -0.25) is 4.79 Å². The standard InChI is InChI=1S/C24H20ClF3N4O4/c1-31-12-14(15-6-2-4-8-18(15)31)10-17(23(34)35)29-21(33)13-36-22-11-20(24(26,27)28)30-32(22)19-9-5-3-7-16(19)25/h2-9,11-12,17H,10,13H2,1H3,(H,29,33)(H,34,35). The molecule has 4 aromatic rings. The number of amides is 1. The third-order valence-electron chi connectivity index (χ3n) is 5.44. The number of carboxylic acids is 1. The average molecular weight is 521 g/mol. The predicted octanol–water partition coefficient (Wildman–Crippen LogP) is 4.23. The Balaban J connectivity index is 1.51. The molecular weight excluding hydrogens is 501 g/mol. The quantitative estimate of drug-likeness (QED) is 0.362. The van der Waals surface area contributed by atoms with Crippen LogP contribution in [0, 0.1) is 0 Å². The van der Waals surface area contributed by atoms with Gasteiger partial charge in [0.1, 0.15) is 6.04 Å². The maximum atomic E-state index is 13.3. The molecule has 188 valence electrons. The molecule has 0 saturated carbocycles. The molecule has 2 heterocycles. The Bertz CT molecular complexity index is 1430. The number of benzene rings is 2. The summed E-state index contributed by atoms with van der Waals surface area (Å²) in [5, 5.41) is 16.5. The van der Waals surface area contributed by atoms with Crippen molar-refractivity contribution in [1.29, 1.82) is 0 Å². The second kappa shape index (κ2) is 9.94. The van der Waals surface area contributed by atoms with Gasteiger partial charge in [-0.15, -0.1) is 0 Å². The minimum absolute atomic E-state index is 0.00178. The Kier molecular flexibility index (Phi) is 6.93. The number of nitrogens with zero attached hydrogens (tertiary/aromatic N) is 3. The van der Waals surface area contributed by atoms with Crippen LogP contribution in [-0.2, 0) is 29.2 Å². The van der Waals surface area contributed by atoms with Crippen LogP contribution in [-0.4, -0.2) is 44.0 Å². The lowest BCUT2D eigenvalue weighted by molar-refractivity contribution is -0.142. The van der Waals surface area contributed by atoms with Gasteiger partial charge in [-0.05, 0) is 23.8 Å². The number of aromatic nitrogens is 3. The number of hydrogen-bond acceptors (Lipinski definition) is 4. The predicted molar refractivity (Wildman–Crippen MR) is 125 cm³/mol. The fourth-order valence-electron chi connectivity index (χ4n) is 3.79. The first kappa shape index (κ1) is 25.1. The molecule has 8 nitrogen and oxygen atoms in total. The number of carboxylic acid groups (broad SMARTS) is 1. The lowest BCUT2D eigenvalue weighted by atomic mass is 10.1. The van der Waals surface area contributed by atoms with Crippen molar-refractivity contribution in [3.05, 3.63) is 77.1 Å². The summed E-state index contributed by atoms with van der Waals surface area (Å²) in [6.45, 7) is -0.743. The number of para-hydroxylation sites is 2. The van der Waals surface area contributed by atoms with Gasteiger partial charge < -0.3 is 19.7 Å². The maximum Gasteiger partial charge on any atom is 0.435 e. The van der Waals surface area contributed by atoms with E-state index >= 15 is 0 Å². The van der Waals surface area contributed by atoms with Crippen molar-refractivity contribution in [3.63, 3.8) is 0 Å². The summed E-state index contributed by atoms with van der Waals surface area (Å²) in [5.41, 5.74) is 0.495. The SMILES string of the molecule is Cn1cc(CC(NC(=O)COc2cc(C(F)(F)F)nn2-c2ccccc2Cl)C(=O)O)c2ccccc21. The van der Waals surface area contributed by atoms with Gasteiger partial charge >= 0.3 is 12.1 Å². The zero-order valence-electron chi connectivity index (χ0n) is 18.8. The molecule has 0 spiro atoms. The Morgan fingerprint density at radius 3 is 2.56 bits per heavy atom. The minimum Gasteiger partial charge on any atom is -0.480 e. The second-order valence-corrected chi connectivity index (χ2v) is 8.37. The summed E-state index contributed by atoms with van der Waals surface area (Å²) in [4.78, 5) is 24.4. The summed E-state index contributed by atoms with van der Waals surface area (Å²) in [7, 11) is 1.82. The normalized spacial score (nSPS) is 12.5. The molecule has 1 atom stereocenters. The molecular formula is C24H20ClF3N4O4. The highest BCUT2D eigenvalue weighted by Crippen LogP contribution is 2.33. The van der Waals surface area contributed by atoms with Crippen LogP contribution >= 0.6 is 11.6 Å². The third kappa shape index (κ3) is 5.30. The van der Waals surface area contributed by atoms with E-state index in [1.54, 1.807) is 18.3 Å². The highest BCUT2D eigenvalue weighted by atomic mass is 35.5. The lowest BCUT2D eigenvalue weighted by Gasteiger charge is -2.15. The van der Waals surface area contributed by atoms with E-state index in [0.717, 1.165) is 15.6 Å².